The second-order valence-corrected chi connectivity index (χ2v) is 10.7. The predicted molar refractivity (Wildman–Crippen MR) is 153 cm³/mol. The molecule has 45 heavy (non-hydrogen) atoms. The molecule has 0 aliphatic carbocycles. The van der Waals surface area contributed by atoms with Gasteiger partial charge in [0.25, 0.3) is 5.91 Å². The van der Waals surface area contributed by atoms with Crippen LogP contribution in [0.15, 0.2) is 35.3 Å². The number of alkyl halides is 3. The number of nitrogens with zero attached hydrogens (tertiary/aromatic N) is 1. The normalized spacial score (nSPS) is 23.8. The minimum Gasteiger partial charge on any atom is -0.481 e. The molecule has 1 aliphatic rings. The monoisotopic (exact) mass is 642 g/mol. The largest absolute Gasteiger partial charge is 0.481 e. The van der Waals surface area contributed by atoms with Gasteiger partial charge in [-0.3, -0.25) is 33.8 Å². The minimum atomic E-state index is -5.68. The van der Waals surface area contributed by atoms with Crippen LogP contribution in [0.4, 0.5) is 13.2 Å². The zero-order chi connectivity index (χ0) is 33.9. The second-order valence-electron chi connectivity index (χ2n) is 10.7. The molecule has 1 fully saturated rings. The van der Waals surface area contributed by atoms with Gasteiger partial charge >= 0.3 is 12.1 Å². The van der Waals surface area contributed by atoms with Gasteiger partial charge in [0.15, 0.2) is 5.96 Å². The Labute approximate surface area is 256 Å². The van der Waals surface area contributed by atoms with Crippen molar-refractivity contribution in [3.8, 4) is 0 Å². The van der Waals surface area contributed by atoms with Crippen LogP contribution in [0.25, 0.3) is 0 Å². The van der Waals surface area contributed by atoms with E-state index in [0.29, 0.717) is 5.56 Å². The second kappa shape index (κ2) is 15.7. The maximum Gasteiger partial charge on any atom is 0.421 e. The lowest BCUT2D eigenvalue weighted by Gasteiger charge is -2.35. The first-order valence-corrected chi connectivity index (χ1v) is 13.8. The van der Waals surface area contributed by atoms with E-state index in [1.807, 2.05) is 5.32 Å². The average Bonchev–Trinajstić information content (AvgIpc) is 2.94. The molecule has 248 valence electrons. The molecule has 15 nitrogen and oxygen atoms in total. The van der Waals surface area contributed by atoms with Crippen LogP contribution >= 0.6 is 0 Å². The molecule has 0 saturated carbocycles. The Kier molecular flexibility index (Phi) is 12.7. The van der Waals surface area contributed by atoms with E-state index in [-0.39, 0.29) is 31.8 Å². The maximum absolute atomic E-state index is 14.5. The van der Waals surface area contributed by atoms with Crippen LogP contribution in [-0.2, 0) is 35.2 Å². The predicted octanol–water partition coefficient (Wildman–Crippen LogP) is -1.59. The van der Waals surface area contributed by atoms with Gasteiger partial charge in [0, 0.05) is 13.0 Å². The first-order chi connectivity index (χ1) is 21.0. The zero-order valence-electron chi connectivity index (χ0n) is 24.6. The van der Waals surface area contributed by atoms with E-state index in [2.05, 4.69) is 20.9 Å². The highest BCUT2D eigenvalue weighted by atomic mass is 19.4. The molecule has 1 aromatic carbocycles. The lowest BCUT2D eigenvalue weighted by molar-refractivity contribution is -0.206. The summed E-state index contributed by atoms with van der Waals surface area (Å²) in [5.74, 6) is -9.45. The van der Waals surface area contributed by atoms with Crippen molar-refractivity contribution >= 4 is 41.5 Å². The summed E-state index contributed by atoms with van der Waals surface area (Å²) in [6.07, 6.45) is -7.93. The summed E-state index contributed by atoms with van der Waals surface area (Å²) in [5.41, 5.74) is 6.95. The van der Waals surface area contributed by atoms with E-state index in [1.54, 1.807) is 32.0 Å². The highest BCUT2D eigenvalue weighted by Gasteiger charge is 2.63. The minimum absolute atomic E-state index is 0.0467. The lowest BCUT2D eigenvalue weighted by atomic mass is 9.91. The van der Waals surface area contributed by atoms with E-state index in [1.165, 1.54) is 17.4 Å². The Hall–Kier alpha value is -4.90. The highest BCUT2D eigenvalue weighted by molar-refractivity contribution is 6.00. The summed E-state index contributed by atoms with van der Waals surface area (Å²) in [6.45, 7) is 2.04. The quantitative estimate of drug-likeness (QED) is 0.0878. The van der Waals surface area contributed by atoms with Crippen LogP contribution in [0.5, 0.6) is 0 Å². The fourth-order valence-electron chi connectivity index (χ4n) is 4.44. The van der Waals surface area contributed by atoms with E-state index < -0.39 is 84.2 Å². The molecule has 0 radical (unpaired) electrons. The summed E-state index contributed by atoms with van der Waals surface area (Å²) in [7, 11) is 0. The van der Waals surface area contributed by atoms with Gasteiger partial charge in [-0.2, -0.15) is 13.2 Å². The third-order valence-corrected chi connectivity index (χ3v) is 6.79. The van der Waals surface area contributed by atoms with Crippen molar-refractivity contribution in [2.24, 2.45) is 22.4 Å². The number of hydrogen-bond acceptors (Lipinski definition) is 7. The van der Waals surface area contributed by atoms with Crippen LogP contribution in [-0.4, -0.2) is 89.5 Å². The highest BCUT2D eigenvalue weighted by Crippen LogP contribution is 2.34. The van der Waals surface area contributed by atoms with Crippen molar-refractivity contribution in [1.29, 1.82) is 0 Å². The van der Waals surface area contributed by atoms with Gasteiger partial charge < -0.3 is 43.2 Å². The van der Waals surface area contributed by atoms with Gasteiger partial charge in [0.05, 0.1) is 13.0 Å². The average molecular weight is 643 g/mol. The number of benzene rings is 1. The number of hydrogen-bond donors (Lipinski definition) is 8. The van der Waals surface area contributed by atoms with Crippen molar-refractivity contribution in [3.05, 3.63) is 35.9 Å². The zero-order valence-corrected chi connectivity index (χ0v) is 24.6. The molecule has 1 aromatic rings. The van der Waals surface area contributed by atoms with E-state index in [4.69, 9.17) is 11.5 Å². The topological polar surface area (TPSA) is 247 Å². The Morgan fingerprint density at radius 1 is 1.00 bits per heavy atom. The number of nitrogens with one attached hydrogen (secondary N) is 5. The Morgan fingerprint density at radius 2 is 1.64 bits per heavy atom. The van der Waals surface area contributed by atoms with E-state index in [0.717, 1.165) is 0 Å². The summed E-state index contributed by atoms with van der Waals surface area (Å²) in [4.78, 5) is 81.3. The number of amides is 5. The summed E-state index contributed by atoms with van der Waals surface area (Å²) >= 11 is 0. The first kappa shape index (κ1) is 36.3. The maximum atomic E-state index is 14.5. The molecule has 0 bridgehead atoms. The third-order valence-electron chi connectivity index (χ3n) is 6.79. The molecule has 2 rings (SSSR count). The number of nitrogens with two attached hydrogens (primary N) is 2. The first-order valence-electron chi connectivity index (χ1n) is 13.8. The van der Waals surface area contributed by atoms with Crippen molar-refractivity contribution in [1.82, 2.24) is 26.6 Å². The molecule has 1 saturated heterocycles. The van der Waals surface area contributed by atoms with Crippen molar-refractivity contribution in [2.45, 2.75) is 69.4 Å². The van der Waals surface area contributed by atoms with E-state index >= 15 is 0 Å². The summed E-state index contributed by atoms with van der Waals surface area (Å²) in [6, 6.07) is 3.40. The van der Waals surface area contributed by atoms with Crippen LogP contribution in [0.3, 0.4) is 0 Å². The molecule has 0 spiro atoms. The van der Waals surface area contributed by atoms with E-state index in [9.17, 15) is 47.0 Å². The van der Waals surface area contributed by atoms with Crippen LogP contribution in [0.2, 0.25) is 0 Å². The molecular weight excluding hydrogens is 605 g/mol. The standard InChI is InChI=1S/C27H37F3N8O7/c1-14(2)20-23(44)35-16(9-6-10-33-25(31)32)21(42)34-13-18(39)38-26(12-19(40)41,27(28,29)30)24(45)36-17(22(43)37-20)11-15-7-4-3-5-8-15/h3-5,7-8,14,16-17,20H,6,9-13H2,1-2H3,(H,34,42)(H,35,44)(H,36,45)(H,37,43)(H,38,39)(H,40,41)(H4,31,32,33)/t16-,17+,20-,26+/m0/s1. The number of guanidine groups is 1. The van der Waals surface area contributed by atoms with Gasteiger partial charge in [-0.15, -0.1) is 0 Å². The number of aliphatic carboxylic acids is 1. The molecule has 1 aliphatic heterocycles. The number of carboxylic acids is 1. The van der Waals surface area contributed by atoms with Crippen LogP contribution in [0, 0.1) is 5.92 Å². The number of aliphatic imine (C=N–C) groups is 1. The van der Waals surface area contributed by atoms with Crippen molar-refractivity contribution in [2.75, 3.05) is 13.1 Å². The molecule has 5 amide bonds. The van der Waals surface area contributed by atoms with Gasteiger partial charge in [-0.05, 0) is 24.3 Å². The summed E-state index contributed by atoms with van der Waals surface area (Å²) < 4.78 is 43.6. The SMILES string of the molecule is CC(C)[C@@H]1NC(=O)[C@@H](Cc2ccccc2)NC(=O)[C@](CC(=O)O)(C(F)(F)F)NC(=O)CNC(=O)[C@H](CCCN=C(N)N)NC1=O. The van der Waals surface area contributed by atoms with Crippen molar-refractivity contribution < 1.29 is 47.0 Å². The van der Waals surface area contributed by atoms with Crippen LogP contribution in [0.1, 0.15) is 38.7 Å². The Morgan fingerprint density at radius 3 is 2.20 bits per heavy atom. The Bertz CT molecular complexity index is 1290. The van der Waals surface area contributed by atoms with Crippen LogP contribution < -0.4 is 38.1 Å². The molecule has 18 heteroatoms. The molecule has 1 heterocycles. The lowest BCUT2D eigenvalue weighted by Crippen LogP contribution is -2.70. The summed E-state index contributed by atoms with van der Waals surface area (Å²) in [5, 5.41) is 19.7. The van der Waals surface area contributed by atoms with Crippen molar-refractivity contribution in [3.63, 3.8) is 0 Å². The Balaban J connectivity index is 2.63. The smallest absolute Gasteiger partial charge is 0.421 e. The number of carbonyl (C=O) groups excluding carboxylic acids is 5. The third kappa shape index (κ3) is 10.4. The van der Waals surface area contributed by atoms with Gasteiger partial charge in [-0.1, -0.05) is 44.2 Å². The molecule has 10 N–H and O–H groups in total. The molecular formula is C27H37F3N8O7. The fraction of sp³-hybridized carbons (Fsp3) is 0.519. The number of carbonyl (C=O) groups is 6. The molecule has 0 unspecified atom stereocenters. The number of carboxylic acid groups (broad SMARTS) is 1. The van der Waals surface area contributed by atoms with Gasteiger partial charge in [0.2, 0.25) is 29.2 Å². The van der Waals surface area contributed by atoms with Gasteiger partial charge in [-0.25, -0.2) is 0 Å². The van der Waals surface area contributed by atoms with Gasteiger partial charge in [0.1, 0.15) is 18.1 Å². The fourth-order valence-corrected chi connectivity index (χ4v) is 4.44. The molecule has 0 aromatic heterocycles. The number of halogens is 3. The number of rotatable bonds is 9. The molecule has 4 atom stereocenters.